The number of aromatic nitrogens is 4. The minimum Gasteiger partial charge on any atom is -0.512 e. The second kappa shape index (κ2) is 63.9. The number of benzene rings is 6. The van der Waals surface area contributed by atoms with Crippen LogP contribution in [-0.2, 0) is 75.5 Å². The summed E-state index contributed by atoms with van der Waals surface area (Å²) in [5.74, 6) is 1.38. The Morgan fingerprint density at radius 2 is 0.669 bits per heavy atom. The Balaban J connectivity index is 0.000000277. The van der Waals surface area contributed by atoms with Crippen LogP contribution in [0.4, 0.5) is 0 Å². The number of rotatable bonds is 48. The molecule has 0 atom stereocenters. The Morgan fingerprint density at radius 3 is 0.942 bits per heavy atom. The molecule has 2 N–H and O–H groups in total. The van der Waals surface area contributed by atoms with E-state index in [4.69, 9.17) is 19.0 Å². The zero-order valence-corrected chi connectivity index (χ0v) is 80.6. The van der Waals surface area contributed by atoms with Crippen LogP contribution in [0, 0.1) is 24.3 Å². The molecule has 11 aromatic rings. The van der Waals surface area contributed by atoms with E-state index in [1.54, 1.807) is 0 Å². The van der Waals surface area contributed by atoms with Crippen LogP contribution < -0.4 is 9.47 Å². The molecule has 0 bridgehead atoms. The second-order valence-corrected chi connectivity index (χ2v) is 32.6. The number of aliphatic hydroxyl groups is 2. The van der Waals surface area contributed by atoms with Gasteiger partial charge in [-0.05, 0) is 156 Å². The molecule has 0 aliphatic heterocycles. The maximum absolute atomic E-state index is 11.6. The van der Waals surface area contributed by atoms with Gasteiger partial charge in [0, 0.05) is 101 Å². The molecule has 5 heterocycles. The van der Waals surface area contributed by atoms with Gasteiger partial charge in [0.15, 0.2) is 11.6 Å². The zero-order chi connectivity index (χ0) is 84.5. The van der Waals surface area contributed by atoms with Gasteiger partial charge in [0.2, 0.25) is 0 Å². The molecule has 121 heavy (non-hydrogen) atoms. The van der Waals surface area contributed by atoms with E-state index in [2.05, 4.69) is 177 Å². The van der Waals surface area contributed by atoms with Crippen molar-refractivity contribution >= 4 is 65.4 Å². The Kier molecular flexibility index (Phi) is 54.6. The molecule has 0 spiro atoms. The van der Waals surface area contributed by atoms with Crippen LogP contribution in [0.15, 0.2) is 232 Å². The Labute approximate surface area is 769 Å². The molecule has 0 amide bonds. The predicted octanol–water partition coefficient (Wildman–Crippen LogP) is 30.9. The van der Waals surface area contributed by atoms with Gasteiger partial charge in [0.1, 0.15) is 22.7 Å². The number of hydrogen-bond donors (Lipinski definition) is 2. The van der Waals surface area contributed by atoms with Crippen LogP contribution in [-0.4, -0.2) is 54.9 Å². The molecule has 2 radical (unpaired) electrons. The van der Waals surface area contributed by atoms with Gasteiger partial charge in [0.05, 0.1) is 33.7 Å². The Morgan fingerprint density at radius 1 is 0.372 bits per heavy atom. The first-order valence-corrected chi connectivity index (χ1v) is 45.9. The number of fused-ring (bicyclic) bond motifs is 3. The van der Waals surface area contributed by atoms with Gasteiger partial charge in [-0.3, -0.25) is 9.59 Å². The van der Waals surface area contributed by atoms with E-state index in [0.29, 0.717) is 31.8 Å². The summed E-state index contributed by atoms with van der Waals surface area (Å²) < 4.78 is 19.7. The van der Waals surface area contributed by atoms with Gasteiger partial charge in [-0.2, -0.15) is 0 Å². The molecule has 0 fully saturated rings. The number of aryl methyl sites for hydroxylation is 4. The van der Waals surface area contributed by atoms with Crippen LogP contribution in [0.2, 0.25) is 0 Å². The third-order valence-corrected chi connectivity index (χ3v) is 21.8. The number of aliphatic hydroxyl groups excluding tert-OH is 2. The van der Waals surface area contributed by atoms with Gasteiger partial charge in [0.25, 0.3) is 0 Å². The van der Waals surface area contributed by atoms with Crippen molar-refractivity contribution in [1.82, 2.24) is 19.9 Å². The Bertz CT molecular complexity index is 4220. The molecule has 0 saturated heterocycles. The van der Waals surface area contributed by atoms with Crippen molar-refractivity contribution in [2.45, 2.75) is 273 Å². The Hall–Kier alpha value is -8.00. The van der Waals surface area contributed by atoms with Crippen molar-refractivity contribution in [3.8, 4) is 56.5 Å². The van der Waals surface area contributed by atoms with Crippen molar-refractivity contribution in [2.24, 2.45) is 0 Å². The molecule has 652 valence electrons. The van der Waals surface area contributed by atoms with Crippen molar-refractivity contribution in [1.29, 1.82) is 0 Å². The van der Waals surface area contributed by atoms with Crippen molar-refractivity contribution in [2.75, 3.05) is 13.2 Å². The van der Waals surface area contributed by atoms with Crippen molar-refractivity contribution < 1.29 is 73.9 Å². The first kappa shape index (κ1) is 104. The molecule has 15 heteroatoms. The van der Waals surface area contributed by atoms with E-state index < -0.39 is 0 Å². The molecule has 0 aliphatic rings. The molecule has 11 nitrogen and oxygen atoms in total. The molecule has 0 unspecified atom stereocenters. The van der Waals surface area contributed by atoms with Gasteiger partial charge in [-0.1, -0.05) is 256 Å². The fraction of sp³-hybridized carbons (Fsp3) is 0.415. The first-order chi connectivity index (χ1) is 58.2. The second-order valence-electron chi connectivity index (χ2n) is 30.8. The summed E-state index contributed by atoms with van der Waals surface area (Å²) in [6.45, 7) is 13.0. The molecule has 11 rings (SSSR count). The number of ketones is 2. The molecule has 5 aromatic heterocycles. The van der Waals surface area contributed by atoms with Crippen molar-refractivity contribution in [3.05, 3.63) is 274 Å². The van der Waals surface area contributed by atoms with E-state index in [1.165, 1.54) is 228 Å². The summed E-state index contributed by atoms with van der Waals surface area (Å²) in [5.41, 5.74) is 15.3. The average molecular weight is 2120 g/mol. The number of nitrogens with zero attached hydrogens (tertiary/aromatic N) is 4. The number of hydrogen-bond acceptors (Lipinski definition) is 11. The van der Waals surface area contributed by atoms with E-state index in [0.717, 1.165) is 120 Å². The van der Waals surface area contributed by atoms with Gasteiger partial charge in [-0.15, -0.1) is 142 Å². The van der Waals surface area contributed by atoms with E-state index >= 15 is 0 Å². The van der Waals surface area contributed by atoms with Crippen LogP contribution in [0.25, 0.3) is 67.0 Å². The van der Waals surface area contributed by atoms with Crippen LogP contribution in [0.3, 0.4) is 0 Å². The zero-order valence-electron chi connectivity index (χ0n) is 72.6. The number of carbonyl (C=O) groups excluding carboxylic acids is 2. The normalized spacial score (nSPS) is 11.0. The summed E-state index contributed by atoms with van der Waals surface area (Å²) in [5, 5.41) is 20.7. The van der Waals surface area contributed by atoms with Gasteiger partial charge < -0.3 is 44.0 Å². The average Bonchev–Trinajstić information content (AvgIpc) is 1.62. The minimum absolute atomic E-state index is 0. The number of ether oxygens (including phenoxy) is 2. The maximum atomic E-state index is 11.6. The molecule has 0 aliphatic carbocycles. The number of unbranched alkanes of at least 4 members (excludes halogenated alkanes) is 24. The smallest absolute Gasteiger partial charge is 0.159 e. The molecular formula is C106H130Br2Ir2N4O7-4. The largest absolute Gasteiger partial charge is 0.512 e. The maximum Gasteiger partial charge on any atom is 0.159 e. The summed E-state index contributed by atoms with van der Waals surface area (Å²) in [6, 6.07) is 70.9. The number of furan rings is 1. The van der Waals surface area contributed by atoms with Crippen molar-refractivity contribution in [3.63, 3.8) is 0 Å². The summed E-state index contributed by atoms with van der Waals surface area (Å²) in [4.78, 5) is 40.0. The SMILES string of the molecule is CC(=O)/C=C(\O)CCCCCOc1cc2c(cc1Br)oc1cc(Br)c(OCCCCCC(=O)/C=C(/C)O)cc12.CCCCCCCCc1c[c-]c(-c2ccccn2)cc1.CCCCCCCCc1c[c-]c(-c2ccccn2)cc1.CCCCCCCCc1c[c-]c(-c2ccccn2)cc1.CCCCCCCCc1c[c-]c(-c2ccccn2)cc1.[Ir].[Ir]. The van der Waals surface area contributed by atoms with E-state index in [1.807, 2.05) is 122 Å². The number of allylic oxidation sites excluding steroid dienone is 4. The van der Waals surface area contributed by atoms with Gasteiger partial charge in [-0.25, -0.2) is 0 Å². The van der Waals surface area contributed by atoms with Crippen LogP contribution in [0.1, 0.15) is 269 Å². The summed E-state index contributed by atoms with van der Waals surface area (Å²) in [7, 11) is 0. The van der Waals surface area contributed by atoms with E-state index in [9.17, 15) is 14.7 Å². The first-order valence-electron chi connectivity index (χ1n) is 44.3. The van der Waals surface area contributed by atoms with Crippen LogP contribution >= 0.6 is 31.9 Å². The summed E-state index contributed by atoms with van der Waals surface area (Å²) in [6.07, 6.45) is 52.7. The monoisotopic (exact) mass is 2110 g/mol. The summed E-state index contributed by atoms with van der Waals surface area (Å²) >= 11 is 7.15. The van der Waals surface area contributed by atoms with E-state index in [-0.39, 0.29) is 63.3 Å². The molecule has 0 saturated carbocycles. The predicted molar refractivity (Wildman–Crippen MR) is 502 cm³/mol. The molecular weight excluding hydrogens is 1990 g/mol. The molecule has 6 aromatic carbocycles. The number of carbonyl (C=O) groups is 2. The fourth-order valence-corrected chi connectivity index (χ4v) is 14.6. The quantitative estimate of drug-likeness (QED) is 0.0162. The topological polar surface area (TPSA) is 158 Å². The third-order valence-electron chi connectivity index (χ3n) is 20.5. The van der Waals surface area contributed by atoms with Crippen LogP contribution in [0.5, 0.6) is 11.5 Å². The van der Waals surface area contributed by atoms with Gasteiger partial charge >= 0.3 is 0 Å². The number of pyridine rings is 4. The number of halogens is 2. The fourth-order valence-electron chi connectivity index (χ4n) is 13.8. The standard InChI is InChI=1S/C30H34Br2O7.4C19H24N.2Ir/c1-19(33)13-21(35)9-5-3-7-11-37-29-15-23-24-16-30(26(32)18-28(24)39-27(23)17-25(29)31)38-12-8-4-6-10-22(36)14-20(2)34;4*1-2-3-4-5-6-7-10-17-12-14-18(15-13-17)19-11-8-9-16-20-19;;/h13-18,33,36H,3-12H2,1-2H3;4*8-9,11-14,16H,2-7,10H2,1H3;;/q;4*-1;;/b19-13-,22-14-;;;;;;. The third kappa shape index (κ3) is 42.8. The minimum atomic E-state index is -0.151.